The molecule has 6 heteroatoms. The predicted octanol–water partition coefficient (Wildman–Crippen LogP) is 16.2. The van der Waals surface area contributed by atoms with E-state index in [1.54, 1.807) is 0 Å². The molecule has 0 aliphatic carbocycles. The van der Waals surface area contributed by atoms with Crippen LogP contribution < -0.4 is 17.2 Å². The van der Waals surface area contributed by atoms with Crippen LogP contribution in [0.15, 0.2) is 182 Å². The number of primary amides is 3. The highest BCUT2D eigenvalue weighted by Crippen LogP contribution is 2.02. The lowest BCUT2D eigenvalue weighted by atomic mass is 10.2. The second-order valence-corrected chi connectivity index (χ2v) is 15.2. The summed E-state index contributed by atoms with van der Waals surface area (Å²) in [5.41, 5.74) is 15.2. The van der Waals surface area contributed by atoms with Crippen molar-refractivity contribution >= 4 is 17.7 Å². The Hall–Kier alpha value is -5.49. The summed E-state index contributed by atoms with van der Waals surface area (Å²) in [5, 5.41) is 0. The van der Waals surface area contributed by atoms with Crippen molar-refractivity contribution in [1.29, 1.82) is 0 Å². The SMILES string of the molecule is CCC=CCC=CCC=CCC=CCC=CCCCC(N)=O.CCC=CCC=CCC=CCC=CCC=CCCCC(N)=O.CCC=CCC=CCC=CCC=CCC=CCCCC(N)=O. The first-order chi connectivity index (χ1) is 32.3. The molecule has 66 heavy (non-hydrogen) atoms. The van der Waals surface area contributed by atoms with E-state index in [1.807, 2.05) is 0 Å². The Bertz CT molecular complexity index is 1390. The van der Waals surface area contributed by atoms with E-state index in [2.05, 4.69) is 203 Å². The van der Waals surface area contributed by atoms with E-state index in [1.165, 1.54) is 0 Å². The van der Waals surface area contributed by atoms with Crippen LogP contribution in [0.5, 0.6) is 0 Å². The van der Waals surface area contributed by atoms with Crippen molar-refractivity contribution in [2.45, 2.75) is 175 Å². The van der Waals surface area contributed by atoms with Gasteiger partial charge in [0.2, 0.25) is 17.7 Å². The molecule has 0 spiro atoms. The number of amides is 3. The molecule has 0 saturated carbocycles. The lowest BCUT2D eigenvalue weighted by molar-refractivity contribution is -0.118. The molecule has 0 aromatic carbocycles. The minimum Gasteiger partial charge on any atom is -0.370 e. The fraction of sp³-hybridized carbons (Fsp3) is 0.450. The molecule has 6 N–H and O–H groups in total. The van der Waals surface area contributed by atoms with Crippen molar-refractivity contribution in [2.24, 2.45) is 17.2 Å². The summed E-state index contributed by atoms with van der Waals surface area (Å²) in [6, 6.07) is 0. The Labute approximate surface area is 404 Å². The normalized spacial score (nSPS) is 12.8. The number of nitrogens with two attached hydrogens (primary N) is 3. The maximum absolute atomic E-state index is 10.5. The molecule has 0 aromatic heterocycles. The molecule has 3 amide bonds. The van der Waals surface area contributed by atoms with Crippen LogP contribution in [0.25, 0.3) is 0 Å². The van der Waals surface area contributed by atoms with Gasteiger partial charge < -0.3 is 17.2 Å². The van der Waals surface area contributed by atoms with E-state index in [0.29, 0.717) is 19.3 Å². The van der Waals surface area contributed by atoms with Gasteiger partial charge in [-0.3, -0.25) is 14.4 Å². The van der Waals surface area contributed by atoms with Gasteiger partial charge in [0.25, 0.3) is 0 Å². The first-order valence-electron chi connectivity index (χ1n) is 24.9. The van der Waals surface area contributed by atoms with Crippen molar-refractivity contribution in [3.63, 3.8) is 0 Å². The van der Waals surface area contributed by atoms with Gasteiger partial charge in [0.1, 0.15) is 0 Å². The lowest BCUT2D eigenvalue weighted by Crippen LogP contribution is -2.09. The maximum atomic E-state index is 10.5. The highest BCUT2D eigenvalue weighted by molar-refractivity contribution is 5.74. The number of unbranched alkanes of at least 4 members (excludes halogenated alkanes) is 3. The fourth-order valence-electron chi connectivity index (χ4n) is 5.29. The van der Waals surface area contributed by atoms with E-state index in [0.717, 1.165) is 135 Å². The molecule has 0 unspecified atom stereocenters. The Kier molecular flexibility index (Phi) is 60.5. The monoisotopic (exact) mass is 904 g/mol. The number of carbonyl (C=O) groups excluding carboxylic acids is 3. The highest BCUT2D eigenvalue weighted by Gasteiger charge is 1.92. The number of hydrogen-bond acceptors (Lipinski definition) is 3. The molecule has 0 saturated heterocycles. The smallest absolute Gasteiger partial charge is 0.217 e. The molecule has 0 fully saturated rings. The quantitative estimate of drug-likeness (QED) is 0.0419. The van der Waals surface area contributed by atoms with Crippen LogP contribution in [-0.4, -0.2) is 17.7 Å². The zero-order chi connectivity index (χ0) is 48.9. The minimum atomic E-state index is -0.215. The molecule has 0 rings (SSSR count). The number of hydrogen-bond donors (Lipinski definition) is 3. The van der Waals surface area contributed by atoms with Gasteiger partial charge in [-0.25, -0.2) is 0 Å². The molecule has 0 aliphatic heterocycles. The Morgan fingerprint density at radius 1 is 0.242 bits per heavy atom. The Morgan fingerprint density at radius 3 is 0.515 bits per heavy atom. The Morgan fingerprint density at radius 2 is 0.379 bits per heavy atom. The summed E-state index contributed by atoms with van der Waals surface area (Å²) in [6.07, 6.45) is 87.4. The zero-order valence-corrected chi connectivity index (χ0v) is 41.7. The predicted molar refractivity (Wildman–Crippen MR) is 293 cm³/mol. The molecule has 6 nitrogen and oxygen atoms in total. The molecule has 0 bridgehead atoms. The van der Waals surface area contributed by atoms with Crippen molar-refractivity contribution < 1.29 is 14.4 Å². The van der Waals surface area contributed by atoms with Crippen molar-refractivity contribution in [3.8, 4) is 0 Å². The third-order valence-electron chi connectivity index (χ3n) is 8.85. The molecule has 0 heterocycles. The summed E-state index contributed by atoms with van der Waals surface area (Å²) >= 11 is 0. The van der Waals surface area contributed by atoms with E-state index in [4.69, 9.17) is 17.2 Å². The second kappa shape index (κ2) is 61.6. The largest absolute Gasteiger partial charge is 0.370 e. The van der Waals surface area contributed by atoms with Gasteiger partial charge >= 0.3 is 0 Å². The van der Waals surface area contributed by atoms with Gasteiger partial charge in [0, 0.05) is 19.3 Å². The molecule has 0 atom stereocenters. The van der Waals surface area contributed by atoms with Crippen LogP contribution in [0.4, 0.5) is 0 Å². The van der Waals surface area contributed by atoms with Crippen LogP contribution >= 0.6 is 0 Å². The van der Waals surface area contributed by atoms with Crippen LogP contribution in [-0.2, 0) is 14.4 Å². The van der Waals surface area contributed by atoms with E-state index in [-0.39, 0.29) is 17.7 Å². The van der Waals surface area contributed by atoms with Crippen molar-refractivity contribution in [3.05, 3.63) is 182 Å². The second-order valence-electron chi connectivity index (χ2n) is 15.2. The molecule has 366 valence electrons. The standard InChI is InChI=1S/3C20H31NO/c3*1-2-3-4-5-6-7-8-9-10-11-12-13-14-15-16-17-18-19-20(21)22/h3*3-4,6-7,9-10,12-13,15-16H,2,5,8,11,14,17-19H2,1H3,(H2,21,22). The van der Waals surface area contributed by atoms with Gasteiger partial charge in [-0.05, 0) is 135 Å². The molecule has 0 aliphatic rings. The van der Waals surface area contributed by atoms with Gasteiger partial charge in [-0.1, -0.05) is 203 Å². The van der Waals surface area contributed by atoms with Crippen LogP contribution in [0.1, 0.15) is 175 Å². The van der Waals surface area contributed by atoms with E-state index >= 15 is 0 Å². The van der Waals surface area contributed by atoms with Crippen LogP contribution in [0.2, 0.25) is 0 Å². The van der Waals surface area contributed by atoms with Crippen LogP contribution in [0, 0.1) is 0 Å². The Balaban J connectivity index is -0.000000902. The lowest BCUT2D eigenvalue weighted by Gasteiger charge is -1.90. The summed E-state index contributed by atoms with van der Waals surface area (Å²) < 4.78 is 0. The van der Waals surface area contributed by atoms with Gasteiger partial charge in [0.05, 0.1) is 0 Å². The summed E-state index contributed by atoms with van der Waals surface area (Å²) in [4.78, 5) is 31.6. The summed E-state index contributed by atoms with van der Waals surface area (Å²) in [5.74, 6) is -0.646. The van der Waals surface area contributed by atoms with Gasteiger partial charge in [-0.15, -0.1) is 0 Å². The topological polar surface area (TPSA) is 129 Å². The van der Waals surface area contributed by atoms with E-state index in [9.17, 15) is 14.4 Å². The number of carbonyl (C=O) groups is 3. The molecular formula is C60H93N3O3. The average molecular weight is 904 g/mol. The molecular weight excluding hydrogens is 811 g/mol. The fourth-order valence-corrected chi connectivity index (χ4v) is 5.29. The third kappa shape index (κ3) is 72.9. The van der Waals surface area contributed by atoms with Crippen molar-refractivity contribution in [2.75, 3.05) is 0 Å². The van der Waals surface area contributed by atoms with E-state index < -0.39 is 0 Å². The minimum absolute atomic E-state index is 0.215. The first-order valence-corrected chi connectivity index (χ1v) is 24.9. The van der Waals surface area contributed by atoms with Gasteiger partial charge in [0.15, 0.2) is 0 Å². The average Bonchev–Trinajstić information content (AvgIpc) is 3.29. The summed E-state index contributed by atoms with van der Waals surface area (Å²) in [6.45, 7) is 6.45. The first kappa shape index (κ1) is 64.8. The highest BCUT2D eigenvalue weighted by atomic mass is 16.1. The molecule has 0 aromatic rings. The van der Waals surface area contributed by atoms with Crippen LogP contribution in [0.3, 0.4) is 0 Å². The third-order valence-corrected chi connectivity index (χ3v) is 8.85. The number of rotatable bonds is 39. The van der Waals surface area contributed by atoms with Gasteiger partial charge in [-0.2, -0.15) is 0 Å². The summed E-state index contributed by atoms with van der Waals surface area (Å²) in [7, 11) is 0. The number of allylic oxidation sites excluding steroid dienone is 30. The van der Waals surface area contributed by atoms with Crippen molar-refractivity contribution in [1.82, 2.24) is 0 Å². The maximum Gasteiger partial charge on any atom is 0.217 e. The molecule has 0 radical (unpaired) electrons. The zero-order valence-electron chi connectivity index (χ0n) is 41.7.